The highest BCUT2D eigenvalue weighted by molar-refractivity contribution is 6.17. The summed E-state index contributed by atoms with van der Waals surface area (Å²) in [5.41, 5.74) is 1.02. The zero-order valence-electron chi connectivity index (χ0n) is 7.83. The maximum Gasteiger partial charge on any atom is 0.119 e. The Kier molecular flexibility index (Phi) is 4.10. The molecular weight excluding hydrogens is 184 g/mol. The average molecular weight is 199 g/mol. The van der Waals surface area contributed by atoms with Gasteiger partial charge in [0.05, 0.1) is 0 Å². The predicted octanol–water partition coefficient (Wildman–Crippen LogP) is 3.51. The number of phenols is 1. The van der Waals surface area contributed by atoms with Gasteiger partial charge in [-0.25, -0.2) is 0 Å². The minimum absolute atomic E-state index is 0.388. The first-order valence-corrected chi connectivity index (χ1v) is 5.17. The van der Waals surface area contributed by atoms with Gasteiger partial charge in [0, 0.05) is 5.88 Å². The van der Waals surface area contributed by atoms with Gasteiger partial charge >= 0.3 is 0 Å². The lowest BCUT2D eigenvalue weighted by molar-refractivity contribution is 0.457. The van der Waals surface area contributed by atoms with Crippen molar-refractivity contribution < 1.29 is 5.11 Å². The summed E-state index contributed by atoms with van der Waals surface area (Å²) in [6, 6.07) is 7.49. The van der Waals surface area contributed by atoms with Crippen molar-refractivity contribution in [1.82, 2.24) is 0 Å². The molecule has 0 aliphatic heterocycles. The normalized spacial score (nSPS) is 12.8. The van der Waals surface area contributed by atoms with E-state index in [2.05, 4.69) is 6.92 Å². The van der Waals surface area contributed by atoms with Crippen molar-refractivity contribution >= 4 is 11.6 Å². The molecule has 0 aliphatic rings. The molecule has 72 valence electrons. The van der Waals surface area contributed by atoms with E-state index >= 15 is 0 Å². The second kappa shape index (κ2) is 5.13. The van der Waals surface area contributed by atoms with Crippen molar-refractivity contribution in [3.63, 3.8) is 0 Å². The van der Waals surface area contributed by atoms with Crippen LogP contribution in [0.1, 0.15) is 31.2 Å². The first kappa shape index (κ1) is 10.4. The smallest absolute Gasteiger partial charge is 0.119 e. The molecule has 0 saturated carbocycles. The molecule has 13 heavy (non-hydrogen) atoms. The molecule has 0 radical (unpaired) electrons. The number of benzene rings is 1. The molecule has 0 aromatic heterocycles. The van der Waals surface area contributed by atoms with Crippen LogP contribution in [-0.4, -0.2) is 11.0 Å². The van der Waals surface area contributed by atoms with Crippen molar-refractivity contribution in [1.29, 1.82) is 0 Å². The van der Waals surface area contributed by atoms with Crippen LogP contribution in [0.5, 0.6) is 5.75 Å². The van der Waals surface area contributed by atoms with Gasteiger partial charge in [-0.3, -0.25) is 0 Å². The minimum atomic E-state index is 0.388. The van der Waals surface area contributed by atoms with Crippen LogP contribution in [0, 0.1) is 0 Å². The third kappa shape index (κ3) is 2.63. The van der Waals surface area contributed by atoms with Gasteiger partial charge < -0.3 is 5.11 Å². The number of para-hydroxylation sites is 1. The largest absolute Gasteiger partial charge is 0.508 e. The SMILES string of the molecule is CCC(CCCl)c1ccccc1O. The molecule has 1 aromatic rings. The van der Waals surface area contributed by atoms with E-state index in [1.54, 1.807) is 6.07 Å². The molecule has 0 amide bonds. The van der Waals surface area contributed by atoms with Crippen molar-refractivity contribution in [3.05, 3.63) is 29.8 Å². The lowest BCUT2D eigenvalue weighted by Gasteiger charge is -2.14. The first-order chi connectivity index (χ1) is 6.29. The van der Waals surface area contributed by atoms with Crippen LogP contribution >= 0.6 is 11.6 Å². The number of halogens is 1. The summed E-state index contributed by atoms with van der Waals surface area (Å²) in [6.45, 7) is 2.11. The first-order valence-electron chi connectivity index (χ1n) is 4.63. The van der Waals surface area contributed by atoms with Gasteiger partial charge in [0.25, 0.3) is 0 Å². The molecule has 2 heteroatoms. The summed E-state index contributed by atoms with van der Waals surface area (Å²) >= 11 is 5.70. The molecule has 0 heterocycles. The van der Waals surface area contributed by atoms with Crippen LogP contribution in [0.2, 0.25) is 0 Å². The van der Waals surface area contributed by atoms with Crippen molar-refractivity contribution in [3.8, 4) is 5.75 Å². The molecule has 1 atom stereocenters. The second-order valence-electron chi connectivity index (χ2n) is 3.14. The summed E-state index contributed by atoms with van der Waals surface area (Å²) in [6.07, 6.45) is 1.94. The molecule has 1 rings (SSSR count). The van der Waals surface area contributed by atoms with E-state index in [0.29, 0.717) is 17.5 Å². The number of aromatic hydroxyl groups is 1. The summed E-state index contributed by atoms with van der Waals surface area (Å²) in [5, 5.41) is 9.60. The second-order valence-corrected chi connectivity index (χ2v) is 3.52. The quantitative estimate of drug-likeness (QED) is 0.735. The highest BCUT2D eigenvalue weighted by atomic mass is 35.5. The van der Waals surface area contributed by atoms with Gasteiger partial charge in [-0.05, 0) is 30.4 Å². The van der Waals surface area contributed by atoms with E-state index in [0.717, 1.165) is 18.4 Å². The third-order valence-corrected chi connectivity index (χ3v) is 2.55. The standard InChI is InChI=1S/C11H15ClO/c1-2-9(7-8-12)10-5-3-4-6-11(10)13/h3-6,9,13H,2,7-8H2,1H3. The molecule has 0 saturated heterocycles. The van der Waals surface area contributed by atoms with Crippen LogP contribution in [-0.2, 0) is 0 Å². The topological polar surface area (TPSA) is 20.2 Å². The zero-order valence-corrected chi connectivity index (χ0v) is 8.59. The molecule has 0 bridgehead atoms. The molecule has 1 N–H and O–H groups in total. The van der Waals surface area contributed by atoms with Gasteiger partial charge in [0.1, 0.15) is 5.75 Å². The average Bonchev–Trinajstić information content (AvgIpc) is 2.16. The number of hydrogen-bond acceptors (Lipinski definition) is 1. The van der Waals surface area contributed by atoms with E-state index < -0.39 is 0 Å². The number of hydrogen-bond donors (Lipinski definition) is 1. The molecular formula is C11H15ClO. The fourth-order valence-electron chi connectivity index (χ4n) is 1.54. The Morgan fingerprint density at radius 2 is 2.08 bits per heavy atom. The van der Waals surface area contributed by atoms with Crippen LogP contribution in [0.25, 0.3) is 0 Å². The molecule has 0 fully saturated rings. The Morgan fingerprint density at radius 1 is 1.38 bits per heavy atom. The maximum absolute atomic E-state index is 9.60. The van der Waals surface area contributed by atoms with E-state index in [1.807, 2.05) is 18.2 Å². The fourth-order valence-corrected chi connectivity index (χ4v) is 1.81. The van der Waals surface area contributed by atoms with E-state index in [9.17, 15) is 5.11 Å². The highest BCUT2D eigenvalue weighted by Gasteiger charge is 2.11. The number of alkyl halides is 1. The van der Waals surface area contributed by atoms with Gasteiger partial charge in [-0.2, -0.15) is 0 Å². The van der Waals surface area contributed by atoms with Crippen molar-refractivity contribution in [2.75, 3.05) is 5.88 Å². The van der Waals surface area contributed by atoms with Crippen LogP contribution in [0.15, 0.2) is 24.3 Å². The van der Waals surface area contributed by atoms with E-state index in [1.165, 1.54) is 0 Å². The summed E-state index contributed by atoms with van der Waals surface area (Å²) in [7, 11) is 0. The lowest BCUT2D eigenvalue weighted by Crippen LogP contribution is -1.98. The fraction of sp³-hybridized carbons (Fsp3) is 0.455. The predicted molar refractivity (Wildman–Crippen MR) is 56.5 cm³/mol. The molecule has 1 nitrogen and oxygen atoms in total. The van der Waals surface area contributed by atoms with E-state index in [-0.39, 0.29) is 0 Å². The Bertz CT molecular complexity index is 260. The summed E-state index contributed by atoms with van der Waals surface area (Å²) in [5.74, 6) is 1.42. The van der Waals surface area contributed by atoms with Gasteiger partial charge in [0.15, 0.2) is 0 Å². The summed E-state index contributed by atoms with van der Waals surface area (Å²) in [4.78, 5) is 0. The zero-order chi connectivity index (χ0) is 9.68. The monoisotopic (exact) mass is 198 g/mol. The van der Waals surface area contributed by atoms with Crippen LogP contribution < -0.4 is 0 Å². The molecule has 1 unspecified atom stereocenters. The van der Waals surface area contributed by atoms with Gasteiger partial charge in [-0.1, -0.05) is 25.1 Å². The molecule has 0 aliphatic carbocycles. The van der Waals surface area contributed by atoms with Crippen molar-refractivity contribution in [2.24, 2.45) is 0 Å². The third-order valence-electron chi connectivity index (χ3n) is 2.33. The van der Waals surface area contributed by atoms with Crippen LogP contribution in [0.4, 0.5) is 0 Å². The Balaban J connectivity index is 2.84. The number of rotatable bonds is 4. The molecule has 0 spiro atoms. The van der Waals surface area contributed by atoms with Gasteiger partial charge in [0.2, 0.25) is 0 Å². The minimum Gasteiger partial charge on any atom is -0.508 e. The van der Waals surface area contributed by atoms with E-state index in [4.69, 9.17) is 11.6 Å². The lowest BCUT2D eigenvalue weighted by atomic mass is 9.93. The Hall–Kier alpha value is -0.690. The maximum atomic E-state index is 9.60. The Morgan fingerprint density at radius 3 is 2.62 bits per heavy atom. The van der Waals surface area contributed by atoms with Gasteiger partial charge in [-0.15, -0.1) is 11.6 Å². The summed E-state index contributed by atoms with van der Waals surface area (Å²) < 4.78 is 0. The highest BCUT2D eigenvalue weighted by Crippen LogP contribution is 2.30. The molecule has 1 aromatic carbocycles. The Labute approximate surface area is 84.4 Å². The van der Waals surface area contributed by atoms with Crippen molar-refractivity contribution in [2.45, 2.75) is 25.7 Å². The van der Waals surface area contributed by atoms with Crippen LogP contribution in [0.3, 0.4) is 0 Å². The number of phenolic OH excluding ortho intramolecular Hbond substituents is 1.